The number of fused-ring (bicyclic) bond motifs is 1. The number of anilines is 1. The lowest BCUT2D eigenvalue weighted by Gasteiger charge is -2.42. The zero-order valence-electron chi connectivity index (χ0n) is 12.0. The molecule has 0 spiro atoms. The van der Waals surface area contributed by atoms with Crippen molar-refractivity contribution in [1.29, 1.82) is 0 Å². The molecule has 2 aliphatic rings. The third-order valence-electron chi connectivity index (χ3n) is 4.33. The van der Waals surface area contributed by atoms with Crippen LogP contribution in [0.5, 0.6) is 0 Å². The molecule has 2 fully saturated rings. The molecule has 5 nitrogen and oxygen atoms in total. The molecule has 1 saturated heterocycles. The van der Waals surface area contributed by atoms with E-state index in [2.05, 4.69) is 26.3 Å². The molecule has 0 unspecified atom stereocenters. The van der Waals surface area contributed by atoms with Gasteiger partial charge in [-0.3, -0.25) is 4.79 Å². The Balaban J connectivity index is 1.38. The molecule has 110 valence electrons. The summed E-state index contributed by atoms with van der Waals surface area (Å²) >= 11 is 1.65. The summed E-state index contributed by atoms with van der Waals surface area (Å²) in [6.45, 7) is 2.82. The number of rotatable bonds is 4. The zero-order chi connectivity index (χ0) is 14.4. The number of amides is 1. The van der Waals surface area contributed by atoms with Crippen molar-refractivity contribution in [1.82, 2.24) is 14.9 Å². The minimum Gasteiger partial charge on any atom is -0.355 e. The first-order chi connectivity index (χ1) is 10.2. The largest absolute Gasteiger partial charge is 0.355 e. The molecule has 2 aromatic heterocycles. The number of carbonyl (C=O) groups is 1. The van der Waals surface area contributed by atoms with Crippen molar-refractivity contribution < 1.29 is 4.79 Å². The van der Waals surface area contributed by atoms with Crippen LogP contribution < -0.4 is 4.90 Å². The van der Waals surface area contributed by atoms with Gasteiger partial charge in [-0.15, -0.1) is 11.3 Å². The molecule has 3 heterocycles. The fourth-order valence-electron chi connectivity index (χ4n) is 3.01. The van der Waals surface area contributed by atoms with E-state index in [1.165, 1.54) is 0 Å². The standard InChI is InChI=1S/C15H18N4OS/c1-18(15(20)11-2-3-11)6-10-7-19(8-10)13-12-4-5-21-14(12)17-9-16-13/h4-5,9-11H,2-3,6-8H2,1H3. The van der Waals surface area contributed by atoms with Crippen LogP contribution >= 0.6 is 11.3 Å². The van der Waals surface area contributed by atoms with Crippen molar-refractivity contribution in [2.24, 2.45) is 11.8 Å². The predicted molar refractivity (Wildman–Crippen MR) is 83.5 cm³/mol. The van der Waals surface area contributed by atoms with Gasteiger partial charge in [-0.05, 0) is 24.3 Å². The zero-order valence-corrected chi connectivity index (χ0v) is 12.8. The monoisotopic (exact) mass is 302 g/mol. The molecular formula is C15H18N4OS. The normalized spacial score (nSPS) is 18.8. The van der Waals surface area contributed by atoms with E-state index < -0.39 is 0 Å². The van der Waals surface area contributed by atoms with Crippen molar-refractivity contribution in [2.75, 3.05) is 31.6 Å². The van der Waals surface area contributed by atoms with Crippen LogP contribution in [0.4, 0.5) is 5.82 Å². The molecule has 1 amide bonds. The number of nitrogens with zero attached hydrogens (tertiary/aromatic N) is 4. The van der Waals surface area contributed by atoms with Crippen molar-refractivity contribution >= 4 is 33.3 Å². The van der Waals surface area contributed by atoms with Gasteiger partial charge >= 0.3 is 0 Å². The van der Waals surface area contributed by atoms with Gasteiger partial charge in [-0.25, -0.2) is 9.97 Å². The Morgan fingerprint density at radius 1 is 1.43 bits per heavy atom. The molecule has 4 rings (SSSR count). The lowest BCUT2D eigenvalue weighted by molar-refractivity contribution is -0.131. The Bertz CT molecular complexity index is 675. The van der Waals surface area contributed by atoms with Gasteiger partial charge in [0.15, 0.2) is 0 Å². The second kappa shape index (κ2) is 4.94. The lowest BCUT2D eigenvalue weighted by Crippen LogP contribution is -2.52. The van der Waals surface area contributed by atoms with Gasteiger partial charge in [0.1, 0.15) is 17.0 Å². The van der Waals surface area contributed by atoms with Crippen LogP contribution in [0.1, 0.15) is 12.8 Å². The summed E-state index contributed by atoms with van der Waals surface area (Å²) < 4.78 is 0. The highest BCUT2D eigenvalue weighted by molar-refractivity contribution is 7.16. The third-order valence-corrected chi connectivity index (χ3v) is 5.15. The van der Waals surface area contributed by atoms with Crippen LogP contribution in [-0.4, -0.2) is 47.5 Å². The number of thiophene rings is 1. The van der Waals surface area contributed by atoms with Gasteiger partial charge in [0.2, 0.25) is 5.91 Å². The summed E-state index contributed by atoms with van der Waals surface area (Å²) in [6, 6.07) is 2.09. The van der Waals surface area contributed by atoms with Crippen LogP contribution in [0.2, 0.25) is 0 Å². The van der Waals surface area contributed by atoms with Crippen LogP contribution in [0.25, 0.3) is 10.2 Å². The van der Waals surface area contributed by atoms with Crippen LogP contribution in [0.3, 0.4) is 0 Å². The molecule has 1 saturated carbocycles. The van der Waals surface area contributed by atoms with E-state index >= 15 is 0 Å². The molecule has 1 aliphatic carbocycles. The molecule has 6 heteroatoms. The SMILES string of the molecule is CN(CC1CN(c2ncnc3sccc23)C1)C(=O)C1CC1. The van der Waals surface area contributed by atoms with Crippen LogP contribution in [-0.2, 0) is 4.79 Å². The fraction of sp³-hybridized carbons (Fsp3) is 0.533. The van der Waals surface area contributed by atoms with E-state index in [1.54, 1.807) is 17.7 Å². The minimum absolute atomic E-state index is 0.318. The summed E-state index contributed by atoms with van der Waals surface area (Å²) in [4.78, 5) is 25.9. The predicted octanol–water partition coefficient (Wildman–Crippen LogP) is 2.00. The van der Waals surface area contributed by atoms with Gasteiger partial charge in [0.25, 0.3) is 0 Å². The molecule has 0 aromatic carbocycles. The van der Waals surface area contributed by atoms with Gasteiger partial charge in [-0.2, -0.15) is 0 Å². The molecule has 0 N–H and O–H groups in total. The Kier molecular flexibility index (Phi) is 3.06. The van der Waals surface area contributed by atoms with E-state index in [-0.39, 0.29) is 0 Å². The van der Waals surface area contributed by atoms with Crippen LogP contribution in [0.15, 0.2) is 17.8 Å². The summed E-state index contributed by atoms with van der Waals surface area (Å²) in [5.41, 5.74) is 0. The summed E-state index contributed by atoms with van der Waals surface area (Å²) in [5, 5.41) is 3.20. The van der Waals surface area contributed by atoms with Gasteiger partial charge in [0.05, 0.1) is 5.39 Å². The fourth-order valence-corrected chi connectivity index (χ4v) is 3.73. The first-order valence-electron chi connectivity index (χ1n) is 7.40. The number of hydrogen-bond donors (Lipinski definition) is 0. The maximum atomic E-state index is 12.0. The molecule has 2 aromatic rings. The molecule has 0 bridgehead atoms. The van der Waals surface area contributed by atoms with Crippen molar-refractivity contribution in [3.05, 3.63) is 17.8 Å². The van der Waals surface area contributed by atoms with Gasteiger partial charge in [-0.1, -0.05) is 0 Å². The third kappa shape index (κ3) is 2.37. The Hall–Kier alpha value is -1.69. The minimum atomic E-state index is 0.318. The van der Waals surface area contributed by atoms with Gasteiger partial charge in [0, 0.05) is 38.5 Å². The van der Waals surface area contributed by atoms with Crippen molar-refractivity contribution in [3.63, 3.8) is 0 Å². The quantitative estimate of drug-likeness (QED) is 0.867. The number of aromatic nitrogens is 2. The maximum Gasteiger partial charge on any atom is 0.225 e. The highest BCUT2D eigenvalue weighted by Gasteiger charge is 2.35. The van der Waals surface area contributed by atoms with E-state index in [9.17, 15) is 4.79 Å². The molecule has 1 aliphatic heterocycles. The molecule has 0 radical (unpaired) electrons. The average molecular weight is 302 g/mol. The van der Waals surface area contributed by atoms with Crippen molar-refractivity contribution in [3.8, 4) is 0 Å². The first kappa shape index (κ1) is 13.0. The smallest absolute Gasteiger partial charge is 0.225 e. The topological polar surface area (TPSA) is 49.3 Å². The molecule has 21 heavy (non-hydrogen) atoms. The number of carbonyl (C=O) groups excluding carboxylic acids is 1. The van der Waals surface area contributed by atoms with E-state index in [4.69, 9.17) is 0 Å². The second-order valence-corrected chi connectivity index (χ2v) is 7.00. The molecule has 0 atom stereocenters. The first-order valence-corrected chi connectivity index (χ1v) is 8.28. The Morgan fingerprint density at radius 2 is 2.24 bits per heavy atom. The lowest BCUT2D eigenvalue weighted by atomic mass is 9.99. The maximum absolute atomic E-state index is 12.0. The molecular weight excluding hydrogens is 284 g/mol. The number of hydrogen-bond acceptors (Lipinski definition) is 5. The highest BCUT2D eigenvalue weighted by atomic mass is 32.1. The Morgan fingerprint density at radius 3 is 3.00 bits per heavy atom. The summed E-state index contributed by atoms with van der Waals surface area (Å²) in [7, 11) is 1.94. The van der Waals surface area contributed by atoms with E-state index in [0.29, 0.717) is 17.7 Å². The summed E-state index contributed by atoms with van der Waals surface area (Å²) in [6.07, 6.45) is 3.80. The Labute approximate surface area is 127 Å². The van der Waals surface area contributed by atoms with Crippen molar-refractivity contribution in [2.45, 2.75) is 12.8 Å². The highest BCUT2D eigenvalue weighted by Crippen LogP contribution is 2.33. The summed E-state index contributed by atoms with van der Waals surface area (Å²) in [5.74, 6) is 2.24. The second-order valence-electron chi connectivity index (χ2n) is 6.10. The van der Waals surface area contributed by atoms with E-state index in [1.807, 2.05) is 11.9 Å². The average Bonchev–Trinajstić information content (AvgIpc) is 3.18. The van der Waals surface area contributed by atoms with E-state index in [0.717, 1.165) is 48.5 Å². The van der Waals surface area contributed by atoms with Gasteiger partial charge < -0.3 is 9.80 Å². The van der Waals surface area contributed by atoms with Crippen LogP contribution in [0, 0.1) is 11.8 Å².